The van der Waals surface area contributed by atoms with Crippen molar-refractivity contribution < 1.29 is 23.8 Å². The number of nitrogens with zero attached hydrogens (tertiary/aromatic N) is 1. The van der Waals surface area contributed by atoms with Crippen LogP contribution in [0.3, 0.4) is 0 Å². The van der Waals surface area contributed by atoms with Gasteiger partial charge in [0, 0.05) is 4.90 Å². The molecule has 0 saturated carbocycles. The van der Waals surface area contributed by atoms with Gasteiger partial charge in [0.05, 0.1) is 23.7 Å². The van der Waals surface area contributed by atoms with Crippen molar-refractivity contribution in [1.29, 1.82) is 0 Å². The van der Waals surface area contributed by atoms with Gasteiger partial charge in [-0.3, -0.25) is 14.5 Å². The number of nitrogens with one attached hydrogen (secondary N) is 1. The van der Waals surface area contributed by atoms with Crippen LogP contribution in [-0.4, -0.2) is 38.7 Å². The number of amides is 2. The van der Waals surface area contributed by atoms with Crippen LogP contribution >= 0.6 is 11.8 Å². The monoisotopic (exact) mass is 502 g/mol. The number of para-hydroxylation sites is 1. The van der Waals surface area contributed by atoms with Crippen molar-refractivity contribution >= 4 is 35.3 Å². The Kier molecular flexibility index (Phi) is 6.86. The number of rotatable bonds is 6. The number of ether oxygens (including phenoxy) is 3. The van der Waals surface area contributed by atoms with E-state index in [-0.39, 0.29) is 24.4 Å². The van der Waals surface area contributed by atoms with Crippen LogP contribution in [0.15, 0.2) is 76.5 Å². The molecule has 0 fully saturated rings. The van der Waals surface area contributed by atoms with E-state index in [0.29, 0.717) is 29.6 Å². The molecule has 1 atom stereocenters. The molecule has 8 heteroatoms. The Balaban J connectivity index is 1.34. The third kappa shape index (κ3) is 5.04. The number of fused-ring (bicyclic) bond motifs is 2. The fourth-order valence-corrected chi connectivity index (χ4v) is 5.17. The van der Waals surface area contributed by atoms with Gasteiger partial charge >= 0.3 is 0 Å². The van der Waals surface area contributed by atoms with Gasteiger partial charge in [0.25, 0.3) is 5.91 Å². The van der Waals surface area contributed by atoms with Crippen molar-refractivity contribution in [3.8, 4) is 17.2 Å². The van der Waals surface area contributed by atoms with Crippen LogP contribution in [-0.2, 0) is 9.59 Å². The molecule has 3 aromatic carbocycles. The van der Waals surface area contributed by atoms with Gasteiger partial charge in [0.2, 0.25) is 5.91 Å². The SMILES string of the molecule is COc1ccc(/C=C2\Sc3ccccc3N(CC(=O)N[C@H](C)c3ccc4c(c3)OCCO4)C2=O)cc1. The van der Waals surface area contributed by atoms with Crippen LogP contribution in [0, 0.1) is 0 Å². The van der Waals surface area contributed by atoms with Gasteiger partial charge in [-0.25, -0.2) is 0 Å². The molecular weight excluding hydrogens is 476 g/mol. The Bertz CT molecular complexity index is 1320. The summed E-state index contributed by atoms with van der Waals surface area (Å²) in [5.41, 5.74) is 2.50. The first-order chi connectivity index (χ1) is 17.5. The fourth-order valence-electron chi connectivity index (χ4n) is 4.11. The highest BCUT2D eigenvalue weighted by molar-refractivity contribution is 8.04. The number of hydrogen-bond acceptors (Lipinski definition) is 6. The summed E-state index contributed by atoms with van der Waals surface area (Å²) in [6, 6.07) is 20.5. The average molecular weight is 503 g/mol. The Morgan fingerprint density at radius 3 is 2.61 bits per heavy atom. The Morgan fingerprint density at radius 2 is 1.83 bits per heavy atom. The van der Waals surface area contributed by atoms with E-state index in [9.17, 15) is 9.59 Å². The molecule has 0 aliphatic carbocycles. The number of carbonyl (C=O) groups excluding carboxylic acids is 2. The van der Waals surface area contributed by atoms with Gasteiger partial charge in [-0.1, -0.05) is 42.1 Å². The van der Waals surface area contributed by atoms with Gasteiger partial charge in [-0.15, -0.1) is 0 Å². The van der Waals surface area contributed by atoms with Gasteiger partial charge in [-0.2, -0.15) is 0 Å². The van der Waals surface area contributed by atoms with Crippen molar-refractivity contribution in [3.05, 3.63) is 82.8 Å². The van der Waals surface area contributed by atoms with E-state index in [4.69, 9.17) is 14.2 Å². The molecule has 2 aliphatic rings. The largest absolute Gasteiger partial charge is 0.497 e. The second-order valence-electron chi connectivity index (χ2n) is 8.44. The number of hydrogen-bond donors (Lipinski definition) is 1. The number of carbonyl (C=O) groups is 2. The molecule has 36 heavy (non-hydrogen) atoms. The van der Waals surface area contributed by atoms with Crippen LogP contribution in [0.4, 0.5) is 5.69 Å². The number of thioether (sulfide) groups is 1. The normalized spacial score (nSPS) is 16.3. The van der Waals surface area contributed by atoms with E-state index in [1.807, 2.05) is 79.7 Å². The maximum Gasteiger partial charge on any atom is 0.265 e. The zero-order valence-electron chi connectivity index (χ0n) is 20.0. The molecule has 0 saturated heterocycles. The lowest BCUT2D eigenvalue weighted by molar-refractivity contribution is -0.122. The van der Waals surface area contributed by atoms with Crippen LogP contribution in [0.1, 0.15) is 24.1 Å². The second kappa shape index (κ2) is 10.4. The molecule has 3 aromatic rings. The quantitative estimate of drug-likeness (QED) is 0.487. The maximum atomic E-state index is 13.5. The first-order valence-corrected chi connectivity index (χ1v) is 12.5. The molecule has 5 rings (SSSR count). The minimum atomic E-state index is -0.271. The fraction of sp³-hybridized carbons (Fsp3) is 0.214. The Hall–Kier alpha value is -3.91. The van der Waals surface area contributed by atoms with Crippen LogP contribution in [0.5, 0.6) is 17.2 Å². The third-order valence-electron chi connectivity index (χ3n) is 5.99. The zero-order chi connectivity index (χ0) is 25.1. The lowest BCUT2D eigenvalue weighted by Gasteiger charge is -2.30. The standard InChI is InChI=1S/C28H26N2O5S/c1-18(20-9-12-23-24(16-20)35-14-13-34-23)29-27(31)17-30-22-5-3-4-6-25(22)36-26(28(30)32)15-19-7-10-21(33-2)11-8-19/h3-12,15-16,18H,13-14,17H2,1-2H3,(H,29,31)/b26-15-/t18-/m1/s1. The summed E-state index contributed by atoms with van der Waals surface area (Å²) in [5, 5.41) is 3.01. The Morgan fingerprint density at radius 1 is 1.08 bits per heavy atom. The molecule has 7 nitrogen and oxygen atoms in total. The first-order valence-electron chi connectivity index (χ1n) is 11.7. The number of benzene rings is 3. The van der Waals surface area contributed by atoms with Gasteiger partial charge in [-0.05, 0) is 60.5 Å². The lowest BCUT2D eigenvalue weighted by atomic mass is 10.1. The summed E-state index contributed by atoms with van der Waals surface area (Å²) in [7, 11) is 1.61. The van der Waals surface area contributed by atoms with E-state index in [0.717, 1.165) is 27.5 Å². The number of anilines is 1. The summed E-state index contributed by atoms with van der Waals surface area (Å²) in [6.07, 6.45) is 1.84. The lowest BCUT2D eigenvalue weighted by Crippen LogP contribution is -2.43. The van der Waals surface area contributed by atoms with Gasteiger partial charge < -0.3 is 19.5 Å². The highest BCUT2D eigenvalue weighted by atomic mass is 32.2. The van der Waals surface area contributed by atoms with Crippen molar-refractivity contribution in [3.63, 3.8) is 0 Å². The van der Waals surface area contributed by atoms with Crippen LogP contribution in [0.25, 0.3) is 6.08 Å². The van der Waals surface area contributed by atoms with E-state index in [2.05, 4.69) is 5.32 Å². The van der Waals surface area contributed by atoms with Gasteiger partial charge in [0.1, 0.15) is 25.5 Å². The van der Waals surface area contributed by atoms with Crippen molar-refractivity contribution in [2.75, 3.05) is 31.8 Å². The topological polar surface area (TPSA) is 77.1 Å². The summed E-state index contributed by atoms with van der Waals surface area (Å²) in [5.74, 6) is 1.65. The van der Waals surface area contributed by atoms with Gasteiger partial charge in [0.15, 0.2) is 11.5 Å². The first kappa shape index (κ1) is 23.8. The molecule has 0 bridgehead atoms. The molecule has 0 spiro atoms. The van der Waals surface area contributed by atoms with E-state index >= 15 is 0 Å². The molecular formula is C28H26N2O5S. The molecule has 2 heterocycles. The van der Waals surface area contributed by atoms with Crippen molar-refractivity contribution in [2.24, 2.45) is 0 Å². The summed E-state index contributed by atoms with van der Waals surface area (Å²) in [6.45, 7) is 2.83. The molecule has 2 aliphatic heterocycles. The molecule has 0 radical (unpaired) electrons. The predicted molar refractivity (Wildman–Crippen MR) is 140 cm³/mol. The highest BCUT2D eigenvalue weighted by Crippen LogP contribution is 2.42. The molecule has 2 amide bonds. The minimum absolute atomic E-state index is 0.0920. The summed E-state index contributed by atoms with van der Waals surface area (Å²) in [4.78, 5) is 29.5. The van der Waals surface area contributed by atoms with E-state index in [1.54, 1.807) is 7.11 Å². The van der Waals surface area contributed by atoms with Crippen LogP contribution < -0.4 is 24.4 Å². The van der Waals surface area contributed by atoms with E-state index < -0.39 is 0 Å². The molecule has 184 valence electrons. The number of methoxy groups -OCH3 is 1. The minimum Gasteiger partial charge on any atom is -0.497 e. The third-order valence-corrected chi connectivity index (χ3v) is 7.07. The smallest absolute Gasteiger partial charge is 0.265 e. The van der Waals surface area contributed by atoms with Crippen molar-refractivity contribution in [1.82, 2.24) is 5.32 Å². The van der Waals surface area contributed by atoms with E-state index in [1.165, 1.54) is 16.7 Å². The van der Waals surface area contributed by atoms with Crippen LogP contribution in [0.2, 0.25) is 0 Å². The Labute approximate surface area is 214 Å². The van der Waals surface area contributed by atoms with Crippen molar-refractivity contribution in [2.45, 2.75) is 17.9 Å². The zero-order valence-corrected chi connectivity index (χ0v) is 20.8. The highest BCUT2D eigenvalue weighted by Gasteiger charge is 2.30. The molecule has 0 aromatic heterocycles. The average Bonchev–Trinajstić information content (AvgIpc) is 2.91. The summed E-state index contributed by atoms with van der Waals surface area (Å²) < 4.78 is 16.5. The second-order valence-corrected chi connectivity index (χ2v) is 9.52. The predicted octanol–water partition coefficient (Wildman–Crippen LogP) is 4.82. The molecule has 0 unspecified atom stereocenters. The molecule has 1 N–H and O–H groups in total. The maximum absolute atomic E-state index is 13.5. The summed E-state index contributed by atoms with van der Waals surface area (Å²) >= 11 is 1.41.